The first kappa shape index (κ1) is 43.0. The normalized spacial score (nSPS) is 28.9. The van der Waals surface area contributed by atoms with Crippen LogP contribution in [0.3, 0.4) is 0 Å². The van der Waals surface area contributed by atoms with Gasteiger partial charge in [0.2, 0.25) is 27.7 Å². The predicted molar refractivity (Wildman–Crippen MR) is 208 cm³/mol. The summed E-state index contributed by atoms with van der Waals surface area (Å²) in [4.78, 5) is 62.0. The molecule has 18 heteroatoms. The van der Waals surface area contributed by atoms with Crippen molar-refractivity contribution in [1.82, 2.24) is 30.6 Å². The Morgan fingerprint density at radius 3 is 2.45 bits per heavy atom. The zero-order valence-corrected chi connectivity index (χ0v) is 34.2. The van der Waals surface area contributed by atoms with Crippen LogP contribution < -0.4 is 30.1 Å². The van der Waals surface area contributed by atoms with E-state index in [4.69, 9.17) is 9.47 Å². The number of rotatable bonds is 10. The molecule has 14 nitrogen and oxygen atoms in total. The number of pyridine rings is 1. The highest BCUT2D eigenvalue weighted by atomic mass is 32.2. The van der Waals surface area contributed by atoms with Gasteiger partial charge in [-0.3, -0.25) is 19.1 Å². The summed E-state index contributed by atoms with van der Waals surface area (Å²) in [6.45, 7) is 7.54. The minimum atomic E-state index is -4.80. The molecule has 4 N–H and O–H groups in total. The monoisotopic (exact) mass is 834 g/mol. The Morgan fingerprint density at radius 2 is 1.78 bits per heavy atom. The van der Waals surface area contributed by atoms with Gasteiger partial charge in [-0.2, -0.15) is 13.2 Å². The summed E-state index contributed by atoms with van der Waals surface area (Å²) < 4.78 is 81.7. The molecule has 1 aromatic carbocycles. The number of carbonyl (C=O) groups excluding carboxylic acids is 4. The Bertz CT molecular complexity index is 2040. The Labute approximate surface area is 336 Å². The summed E-state index contributed by atoms with van der Waals surface area (Å²) in [7, 11) is -3.97. The summed E-state index contributed by atoms with van der Waals surface area (Å²) in [5, 5.41) is 7.89. The van der Waals surface area contributed by atoms with E-state index in [0.29, 0.717) is 49.8 Å². The average molecular weight is 835 g/mol. The molecule has 3 fully saturated rings. The lowest BCUT2D eigenvalue weighted by Crippen LogP contribution is -2.62. The number of hydrogen-bond acceptors (Lipinski definition) is 9. The highest BCUT2D eigenvalue weighted by molar-refractivity contribution is 7.91. The predicted octanol–water partition coefficient (Wildman–Crippen LogP) is 4.88. The summed E-state index contributed by atoms with van der Waals surface area (Å²) in [6, 6.07) is 3.40. The van der Waals surface area contributed by atoms with E-state index >= 15 is 0 Å². The van der Waals surface area contributed by atoms with Gasteiger partial charge >= 0.3 is 12.2 Å². The number of allylic oxidation sites excluding steroid dienone is 1. The number of carbonyl (C=O) groups is 4. The van der Waals surface area contributed by atoms with Crippen LogP contribution in [0.1, 0.15) is 86.0 Å². The highest BCUT2D eigenvalue weighted by Gasteiger charge is 2.62. The van der Waals surface area contributed by atoms with Crippen LogP contribution in [0, 0.1) is 17.8 Å². The molecule has 0 bridgehead atoms. The van der Waals surface area contributed by atoms with Crippen molar-refractivity contribution >= 4 is 44.5 Å². The van der Waals surface area contributed by atoms with E-state index in [0.717, 1.165) is 25.7 Å². The van der Waals surface area contributed by atoms with Crippen molar-refractivity contribution in [3.63, 3.8) is 0 Å². The summed E-state index contributed by atoms with van der Waals surface area (Å²) in [5.74, 6) is -2.75. The number of benzene rings is 1. The second-order valence-electron chi connectivity index (χ2n) is 16.8. The van der Waals surface area contributed by atoms with E-state index in [2.05, 4.69) is 20.3 Å². The van der Waals surface area contributed by atoms with Crippen LogP contribution in [-0.2, 0) is 24.4 Å². The second-order valence-corrected chi connectivity index (χ2v) is 18.7. The van der Waals surface area contributed by atoms with Gasteiger partial charge in [0.25, 0.3) is 5.91 Å². The van der Waals surface area contributed by atoms with Gasteiger partial charge in [0.1, 0.15) is 35.0 Å². The molecule has 6 rings (SSSR count). The summed E-state index contributed by atoms with van der Waals surface area (Å²) in [6.07, 6.45) is 2.78. The molecule has 2 aliphatic carbocycles. The maximum atomic E-state index is 14.8. The van der Waals surface area contributed by atoms with Crippen molar-refractivity contribution in [2.24, 2.45) is 17.8 Å². The molecule has 0 spiro atoms. The third-order valence-corrected chi connectivity index (χ3v) is 13.3. The van der Waals surface area contributed by atoms with Gasteiger partial charge in [0.15, 0.2) is 0 Å². The van der Waals surface area contributed by atoms with Crippen LogP contribution in [0.4, 0.5) is 18.0 Å². The number of fused-ring (bicyclic) bond motifs is 3. The van der Waals surface area contributed by atoms with Gasteiger partial charge < -0.3 is 30.3 Å². The number of sulfonamides is 1. The minimum Gasteiger partial charge on any atom is -0.491 e. The number of halogens is 3. The van der Waals surface area contributed by atoms with Crippen molar-refractivity contribution in [3.8, 4) is 11.6 Å². The van der Waals surface area contributed by atoms with Gasteiger partial charge in [-0.15, -0.1) is 0 Å². The molecule has 3 heterocycles. The van der Waals surface area contributed by atoms with E-state index in [1.54, 1.807) is 25.1 Å². The fourth-order valence-electron chi connectivity index (χ4n) is 7.75. The molecule has 2 aromatic rings. The second kappa shape index (κ2) is 16.6. The standard InChI is InChI=1S/C40H53F3N6O8S/c1-6-17-56-31-21-44-34(29-14-10-9-13-28(29)31)57-26-19-30-33(50)46-39(36(52)48-58(54,55)27-15-16-27)20-25(39)12-8-7-11-23(2)18-24(3)32(35(51)49(30)22-26)45-37(53)47-38(4,5)40(41,42)43/h8-10,12-14,21,23-27,30,32H,6-7,11,15-20,22H2,1-5H3,(H,46,50)(H,48,52)(H2,45,47,53)/b12-8-. The first-order valence-corrected chi connectivity index (χ1v) is 21.5. The van der Waals surface area contributed by atoms with E-state index in [9.17, 15) is 40.8 Å². The van der Waals surface area contributed by atoms with Crippen LogP contribution in [0.15, 0.2) is 42.6 Å². The van der Waals surface area contributed by atoms with Gasteiger partial charge in [0.05, 0.1) is 24.6 Å². The Kier molecular flexibility index (Phi) is 12.3. The Balaban J connectivity index is 1.35. The fourth-order valence-corrected chi connectivity index (χ4v) is 9.11. The lowest BCUT2D eigenvalue weighted by atomic mass is 9.88. The number of urea groups is 1. The van der Waals surface area contributed by atoms with Crippen LogP contribution >= 0.6 is 0 Å². The molecule has 1 aromatic heterocycles. The first-order chi connectivity index (χ1) is 27.3. The number of amides is 5. The molecule has 2 saturated carbocycles. The topological polar surface area (TPSA) is 185 Å². The number of hydrogen-bond donors (Lipinski definition) is 4. The molecule has 58 heavy (non-hydrogen) atoms. The van der Waals surface area contributed by atoms with Gasteiger partial charge in [-0.1, -0.05) is 51.1 Å². The zero-order chi connectivity index (χ0) is 42.2. The zero-order valence-electron chi connectivity index (χ0n) is 33.4. The minimum absolute atomic E-state index is 0.0126. The lowest BCUT2D eigenvalue weighted by molar-refractivity contribution is -0.182. The highest BCUT2D eigenvalue weighted by Crippen LogP contribution is 2.46. The molecule has 5 amide bonds. The summed E-state index contributed by atoms with van der Waals surface area (Å²) in [5.41, 5.74) is -4.25. The molecule has 4 aliphatic rings. The molecular weight excluding hydrogens is 782 g/mol. The number of aromatic nitrogens is 1. The van der Waals surface area contributed by atoms with Crippen LogP contribution in [-0.4, -0.2) is 95.9 Å². The van der Waals surface area contributed by atoms with Gasteiger partial charge in [-0.05, 0) is 76.7 Å². The van der Waals surface area contributed by atoms with Crippen LogP contribution in [0.5, 0.6) is 11.6 Å². The molecule has 0 radical (unpaired) electrons. The van der Waals surface area contributed by atoms with E-state index < -0.39 is 86.3 Å². The van der Waals surface area contributed by atoms with Crippen LogP contribution in [0.25, 0.3) is 10.8 Å². The maximum absolute atomic E-state index is 14.8. The van der Waals surface area contributed by atoms with E-state index in [1.165, 1.54) is 11.1 Å². The third-order valence-electron chi connectivity index (χ3n) is 11.5. The largest absolute Gasteiger partial charge is 0.491 e. The summed E-state index contributed by atoms with van der Waals surface area (Å²) >= 11 is 0. The number of nitrogens with one attached hydrogen (secondary N) is 4. The Hall–Kier alpha value is -4.61. The molecular formula is C40H53F3N6O8S. The quantitative estimate of drug-likeness (QED) is 0.243. The maximum Gasteiger partial charge on any atom is 0.411 e. The number of nitrogens with zero attached hydrogens (tertiary/aromatic N) is 2. The van der Waals surface area contributed by atoms with Crippen molar-refractivity contribution in [2.45, 2.75) is 127 Å². The number of alkyl halides is 3. The molecule has 7 unspecified atom stereocenters. The molecule has 7 atom stereocenters. The van der Waals surface area contributed by atoms with Gasteiger partial charge in [-0.25, -0.2) is 18.2 Å². The fraction of sp³-hybridized carbons (Fsp3) is 0.625. The van der Waals surface area contributed by atoms with Crippen molar-refractivity contribution < 1.29 is 50.2 Å². The smallest absolute Gasteiger partial charge is 0.411 e. The lowest BCUT2D eigenvalue weighted by Gasteiger charge is -2.34. The number of ether oxygens (including phenoxy) is 2. The van der Waals surface area contributed by atoms with Crippen molar-refractivity contribution in [2.75, 3.05) is 13.2 Å². The van der Waals surface area contributed by atoms with Gasteiger partial charge in [0, 0.05) is 23.1 Å². The van der Waals surface area contributed by atoms with E-state index in [1.807, 2.05) is 37.4 Å². The SMILES string of the molecule is CCCOc1cnc(OC2CC3C(=O)NC4(C(=O)NS(=O)(=O)C5CC5)CC4/C=C\CCC(C)CC(C)C(NC(=O)NC(C)(C)C(F)(F)F)C(=O)N3C2)c2ccccc12. The first-order valence-electron chi connectivity index (χ1n) is 19.9. The molecule has 1 saturated heterocycles. The van der Waals surface area contributed by atoms with E-state index in [-0.39, 0.29) is 31.2 Å². The third kappa shape index (κ3) is 9.31. The average Bonchev–Trinajstić information content (AvgIpc) is 4.08. The molecule has 318 valence electrons. The molecule has 2 aliphatic heterocycles. The van der Waals surface area contributed by atoms with Crippen molar-refractivity contribution in [3.05, 3.63) is 42.6 Å². The van der Waals surface area contributed by atoms with Crippen LogP contribution in [0.2, 0.25) is 0 Å². The Morgan fingerprint density at radius 1 is 1.07 bits per heavy atom. The van der Waals surface area contributed by atoms with Crippen molar-refractivity contribution in [1.29, 1.82) is 0 Å².